The van der Waals surface area contributed by atoms with Crippen molar-refractivity contribution in [3.63, 3.8) is 0 Å². The summed E-state index contributed by atoms with van der Waals surface area (Å²) in [6.07, 6.45) is 0. The summed E-state index contributed by atoms with van der Waals surface area (Å²) in [6.45, 7) is 4.09. The first-order valence-electron chi connectivity index (χ1n) is 5.96. The fourth-order valence-corrected chi connectivity index (χ4v) is 1.79. The van der Waals surface area contributed by atoms with E-state index in [-0.39, 0.29) is 12.2 Å². The summed E-state index contributed by atoms with van der Waals surface area (Å²) >= 11 is 5.89. The first kappa shape index (κ1) is 14.0. The number of aromatic amines is 1. The molecule has 5 nitrogen and oxygen atoms in total. The van der Waals surface area contributed by atoms with Crippen molar-refractivity contribution < 1.29 is 5.11 Å². The lowest BCUT2D eigenvalue weighted by Gasteiger charge is -2.23. The summed E-state index contributed by atoms with van der Waals surface area (Å²) in [5.74, 6) is 0.515. The van der Waals surface area contributed by atoms with Crippen molar-refractivity contribution in [3.05, 3.63) is 39.4 Å². The third-order valence-electron chi connectivity index (χ3n) is 2.85. The summed E-state index contributed by atoms with van der Waals surface area (Å²) in [5.41, 5.74) is -0.0582. The molecule has 0 radical (unpaired) electrons. The Bertz CT molecular complexity index is 652. The van der Waals surface area contributed by atoms with E-state index >= 15 is 0 Å². The highest BCUT2D eigenvalue weighted by Crippen LogP contribution is 2.14. The van der Waals surface area contributed by atoms with Gasteiger partial charge in [0.1, 0.15) is 5.82 Å². The highest BCUT2D eigenvalue weighted by molar-refractivity contribution is 6.31. The fraction of sp³-hybridized carbons (Fsp3) is 0.385. The minimum atomic E-state index is -0.429. The number of halogens is 1. The van der Waals surface area contributed by atoms with Crippen molar-refractivity contribution in [2.24, 2.45) is 0 Å². The molecule has 0 bridgehead atoms. The van der Waals surface area contributed by atoms with Gasteiger partial charge in [0, 0.05) is 10.6 Å². The molecule has 0 saturated carbocycles. The van der Waals surface area contributed by atoms with Gasteiger partial charge in [0.2, 0.25) is 0 Å². The average Bonchev–Trinajstić information content (AvgIpc) is 2.36. The van der Waals surface area contributed by atoms with Gasteiger partial charge < -0.3 is 15.4 Å². The van der Waals surface area contributed by atoms with Crippen LogP contribution in [0.5, 0.6) is 0 Å². The number of rotatable bonds is 4. The average molecular weight is 282 g/mol. The summed E-state index contributed by atoms with van der Waals surface area (Å²) < 4.78 is 0. The van der Waals surface area contributed by atoms with E-state index in [0.717, 1.165) is 0 Å². The fourth-order valence-electron chi connectivity index (χ4n) is 1.62. The summed E-state index contributed by atoms with van der Waals surface area (Å²) in [7, 11) is 0. The number of nitrogens with zero attached hydrogens (tertiary/aromatic N) is 1. The molecule has 0 fully saturated rings. The van der Waals surface area contributed by atoms with E-state index < -0.39 is 5.54 Å². The second kappa shape index (κ2) is 5.28. The Morgan fingerprint density at radius 1 is 1.47 bits per heavy atom. The second-order valence-electron chi connectivity index (χ2n) is 5.07. The predicted molar refractivity (Wildman–Crippen MR) is 75.4 cm³/mol. The molecule has 0 aliphatic rings. The van der Waals surface area contributed by atoms with E-state index in [1.54, 1.807) is 18.2 Å². The highest BCUT2D eigenvalue weighted by Gasteiger charge is 2.15. The molecule has 2 rings (SSSR count). The predicted octanol–water partition coefficient (Wildman–Crippen LogP) is 1.44. The first-order chi connectivity index (χ1) is 8.91. The Labute approximate surface area is 115 Å². The van der Waals surface area contributed by atoms with Crippen LogP contribution in [0.15, 0.2) is 23.0 Å². The molecule has 0 unspecified atom stereocenters. The maximum Gasteiger partial charge on any atom is 0.258 e. The van der Waals surface area contributed by atoms with Gasteiger partial charge >= 0.3 is 0 Å². The normalized spacial score (nSPS) is 12.0. The van der Waals surface area contributed by atoms with Crippen LogP contribution >= 0.6 is 11.6 Å². The standard InChI is InChI=1S/C13H16ClN3O2/c1-13(2,7-18)15-6-11-16-10-5-8(14)3-4-9(10)12(19)17-11/h3-5,15,18H,6-7H2,1-2H3,(H,16,17,19). The molecule has 1 aromatic carbocycles. The lowest BCUT2D eigenvalue weighted by molar-refractivity contribution is 0.186. The molecular weight excluding hydrogens is 266 g/mol. The van der Waals surface area contributed by atoms with Gasteiger partial charge in [-0.05, 0) is 32.0 Å². The number of aliphatic hydroxyl groups excluding tert-OH is 1. The lowest BCUT2D eigenvalue weighted by Crippen LogP contribution is -2.42. The zero-order chi connectivity index (χ0) is 14.0. The van der Waals surface area contributed by atoms with E-state index in [1.165, 1.54) is 0 Å². The third kappa shape index (κ3) is 3.32. The van der Waals surface area contributed by atoms with E-state index in [0.29, 0.717) is 28.3 Å². The molecule has 1 heterocycles. The van der Waals surface area contributed by atoms with Crippen LogP contribution in [-0.4, -0.2) is 27.2 Å². The quantitative estimate of drug-likeness (QED) is 0.792. The topological polar surface area (TPSA) is 78.0 Å². The molecule has 6 heteroatoms. The number of aromatic nitrogens is 2. The van der Waals surface area contributed by atoms with Crippen LogP contribution in [-0.2, 0) is 6.54 Å². The molecule has 0 aliphatic heterocycles. The molecule has 0 saturated heterocycles. The third-order valence-corrected chi connectivity index (χ3v) is 3.08. The van der Waals surface area contributed by atoms with Gasteiger partial charge in [-0.3, -0.25) is 4.79 Å². The largest absolute Gasteiger partial charge is 0.394 e. The number of hydrogen-bond acceptors (Lipinski definition) is 4. The highest BCUT2D eigenvalue weighted by atomic mass is 35.5. The summed E-state index contributed by atoms with van der Waals surface area (Å²) in [6, 6.07) is 4.97. The van der Waals surface area contributed by atoms with E-state index in [4.69, 9.17) is 16.7 Å². The lowest BCUT2D eigenvalue weighted by atomic mass is 10.1. The number of hydrogen-bond donors (Lipinski definition) is 3. The van der Waals surface area contributed by atoms with Gasteiger partial charge in [0.05, 0.1) is 24.1 Å². The van der Waals surface area contributed by atoms with E-state index in [2.05, 4.69) is 15.3 Å². The van der Waals surface area contributed by atoms with E-state index in [1.807, 2.05) is 13.8 Å². The minimum Gasteiger partial charge on any atom is -0.394 e. The molecule has 102 valence electrons. The Hall–Kier alpha value is -1.43. The van der Waals surface area contributed by atoms with Gasteiger partial charge in [0.25, 0.3) is 5.56 Å². The van der Waals surface area contributed by atoms with Crippen molar-refractivity contribution in [2.75, 3.05) is 6.61 Å². The van der Waals surface area contributed by atoms with Crippen molar-refractivity contribution in [3.8, 4) is 0 Å². The van der Waals surface area contributed by atoms with Crippen LogP contribution in [0.1, 0.15) is 19.7 Å². The monoisotopic (exact) mass is 281 g/mol. The van der Waals surface area contributed by atoms with Crippen molar-refractivity contribution in [2.45, 2.75) is 25.9 Å². The molecule has 19 heavy (non-hydrogen) atoms. The van der Waals surface area contributed by atoms with Crippen LogP contribution in [0.2, 0.25) is 5.02 Å². The molecule has 0 spiro atoms. The van der Waals surface area contributed by atoms with Gasteiger partial charge in [-0.1, -0.05) is 11.6 Å². The Kier molecular flexibility index (Phi) is 3.89. The first-order valence-corrected chi connectivity index (χ1v) is 6.33. The van der Waals surface area contributed by atoms with Crippen LogP contribution in [0, 0.1) is 0 Å². The van der Waals surface area contributed by atoms with Crippen LogP contribution in [0.25, 0.3) is 10.9 Å². The van der Waals surface area contributed by atoms with Gasteiger partial charge in [0.15, 0.2) is 0 Å². The zero-order valence-corrected chi connectivity index (χ0v) is 11.6. The molecule has 0 atom stereocenters. The molecule has 1 aromatic heterocycles. The van der Waals surface area contributed by atoms with E-state index in [9.17, 15) is 4.79 Å². The molecule has 3 N–H and O–H groups in total. The number of benzene rings is 1. The number of nitrogens with one attached hydrogen (secondary N) is 2. The number of fused-ring (bicyclic) bond motifs is 1. The van der Waals surface area contributed by atoms with Crippen molar-refractivity contribution in [1.29, 1.82) is 0 Å². The van der Waals surface area contributed by atoms with Crippen molar-refractivity contribution in [1.82, 2.24) is 15.3 Å². The Morgan fingerprint density at radius 2 is 2.21 bits per heavy atom. The molecule has 2 aromatic rings. The van der Waals surface area contributed by atoms with Crippen molar-refractivity contribution >= 4 is 22.5 Å². The second-order valence-corrected chi connectivity index (χ2v) is 5.51. The number of H-pyrrole nitrogens is 1. The maximum absolute atomic E-state index is 11.9. The zero-order valence-electron chi connectivity index (χ0n) is 10.8. The van der Waals surface area contributed by atoms with Crippen LogP contribution in [0.4, 0.5) is 0 Å². The molecular formula is C13H16ClN3O2. The van der Waals surface area contributed by atoms with Crippen LogP contribution < -0.4 is 10.9 Å². The minimum absolute atomic E-state index is 0.00333. The molecule has 0 amide bonds. The van der Waals surface area contributed by atoms with Gasteiger partial charge in [-0.2, -0.15) is 0 Å². The summed E-state index contributed by atoms with van der Waals surface area (Å²) in [5, 5.41) is 13.3. The maximum atomic E-state index is 11.9. The van der Waals surface area contributed by atoms with Crippen LogP contribution in [0.3, 0.4) is 0 Å². The molecule has 0 aliphatic carbocycles. The van der Waals surface area contributed by atoms with Gasteiger partial charge in [-0.15, -0.1) is 0 Å². The SMILES string of the molecule is CC(C)(CO)NCc1nc2cc(Cl)ccc2c(=O)[nH]1. The Morgan fingerprint density at radius 3 is 2.89 bits per heavy atom. The smallest absolute Gasteiger partial charge is 0.258 e. The van der Waals surface area contributed by atoms with Gasteiger partial charge in [-0.25, -0.2) is 4.98 Å². The Balaban J connectivity index is 2.33. The summed E-state index contributed by atoms with van der Waals surface area (Å²) in [4.78, 5) is 19.0. The number of aliphatic hydroxyl groups is 1.